The standard InChI is InChI=1S/C13H14ClN3O4S2/c14-8-12(18)16-13-15-10-2-1-9(7-11(10)22-13)23(19,20)17-3-5-21-6-4-17/h1-2,7H,3-6,8H2,(H,15,16,18). The second-order valence-corrected chi connectivity index (χ2v) is 8.08. The van der Waals surface area contributed by atoms with Crippen molar-refractivity contribution >= 4 is 54.2 Å². The predicted octanol–water partition coefficient (Wildman–Crippen LogP) is 1.49. The Bertz CT molecular complexity index is 831. The number of amides is 1. The van der Waals surface area contributed by atoms with Gasteiger partial charge in [-0.05, 0) is 18.2 Å². The Balaban J connectivity index is 1.91. The molecule has 0 atom stereocenters. The molecule has 0 bridgehead atoms. The summed E-state index contributed by atoms with van der Waals surface area (Å²) in [5, 5.41) is 2.96. The Morgan fingerprint density at radius 2 is 2.13 bits per heavy atom. The van der Waals surface area contributed by atoms with Gasteiger partial charge in [-0.15, -0.1) is 11.6 Å². The van der Waals surface area contributed by atoms with Crippen LogP contribution in [0.4, 0.5) is 5.13 Å². The van der Waals surface area contributed by atoms with Crippen LogP contribution >= 0.6 is 22.9 Å². The molecule has 0 unspecified atom stereocenters. The average molecular weight is 376 g/mol. The third-order valence-corrected chi connectivity index (χ3v) is 6.41. The number of rotatable bonds is 4. The summed E-state index contributed by atoms with van der Waals surface area (Å²) in [5.74, 6) is -0.515. The van der Waals surface area contributed by atoms with Crippen molar-refractivity contribution in [3.8, 4) is 0 Å². The van der Waals surface area contributed by atoms with Gasteiger partial charge in [-0.1, -0.05) is 11.3 Å². The van der Waals surface area contributed by atoms with Crippen LogP contribution < -0.4 is 5.32 Å². The lowest BCUT2D eigenvalue weighted by molar-refractivity contribution is -0.113. The second kappa shape index (κ2) is 6.70. The fourth-order valence-electron chi connectivity index (χ4n) is 2.21. The smallest absolute Gasteiger partial charge is 0.243 e. The molecule has 0 saturated carbocycles. The van der Waals surface area contributed by atoms with E-state index in [1.165, 1.54) is 21.7 Å². The van der Waals surface area contributed by atoms with Gasteiger partial charge in [-0.2, -0.15) is 4.31 Å². The van der Waals surface area contributed by atoms with Crippen LogP contribution in [0, 0.1) is 0 Å². The van der Waals surface area contributed by atoms with E-state index in [0.717, 1.165) is 0 Å². The lowest BCUT2D eigenvalue weighted by Crippen LogP contribution is -2.40. The Kier molecular flexibility index (Phi) is 4.83. The number of hydrogen-bond donors (Lipinski definition) is 1. The molecule has 1 aromatic heterocycles. The highest BCUT2D eigenvalue weighted by atomic mass is 35.5. The number of nitrogens with zero attached hydrogens (tertiary/aromatic N) is 2. The van der Waals surface area contributed by atoms with Crippen molar-refractivity contribution < 1.29 is 17.9 Å². The summed E-state index contributed by atoms with van der Waals surface area (Å²) in [7, 11) is -3.55. The number of fused-ring (bicyclic) bond motifs is 1. The molecular formula is C13H14ClN3O4S2. The van der Waals surface area contributed by atoms with Crippen molar-refractivity contribution in [3.05, 3.63) is 18.2 Å². The van der Waals surface area contributed by atoms with Crippen molar-refractivity contribution in [1.29, 1.82) is 0 Å². The minimum atomic E-state index is -3.55. The average Bonchev–Trinajstić information content (AvgIpc) is 2.96. The molecular weight excluding hydrogens is 362 g/mol. The summed E-state index contributed by atoms with van der Waals surface area (Å²) in [6.45, 7) is 1.49. The summed E-state index contributed by atoms with van der Waals surface area (Å²) in [5.41, 5.74) is 0.626. The third kappa shape index (κ3) is 3.48. The number of thiazole rings is 1. The van der Waals surface area contributed by atoms with Crippen LogP contribution in [0.25, 0.3) is 10.2 Å². The van der Waals surface area contributed by atoms with Gasteiger partial charge in [0.2, 0.25) is 15.9 Å². The molecule has 23 heavy (non-hydrogen) atoms. The van der Waals surface area contributed by atoms with E-state index in [1.807, 2.05) is 0 Å². The molecule has 1 amide bonds. The SMILES string of the molecule is O=C(CCl)Nc1nc2ccc(S(=O)(=O)N3CCOCC3)cc2s1. The molecule has 7 nitrogen and oxygen atoms in total. The van der Waals surface area contributed by atoms with Gasteiger partial charge in [-0.3, -0.25) is 4.79 Å². The highest BCUT2D eigenvalue weighted by molar-refractivity contribution is 7.89. The predicted molar refractivity (Wildman–Crippen MR) is 88.5 cm³/mol. The number of morpholine rings is 1. The van der Waals surface area contributed by atoms with E-state index in [-0.39, 0.29) is 16.7 Å². The molecule has 0 aliphatic carbocycles. The Hall–Kier alpha value is -1.26. The minimum absolute atomic E-state index is 0.160. The van der Waals surface area contributed by atoms with Crippen molar-refractivity contribution in [1.82, 2.24) is 9.29 Å². The van der Waals surface area contributed by atoms with Crippen LogP contribution in [-0.4, -0.2) is 55.8 Å². The zero-order valence-corrected chi connectivity index (χ0v) is 14.4. The molecule has 1 aromatic carbocycles. The van der Waals surface area contributed by atoms with Crippen molar-refractivity contribution in [2.75, 3.05) is 37.5 Å². The molecule has 0 radical (unpaired) electrons. The van der Waals surface area contributed by atoms with Crippen LogP contribution in [0.15, 0.2) is 23.1 Å². The quantitative estimate of drug-likeness (QED) is 0.818. The highest BCUT2D eigenvalue weighted by Gasteiger charge is 2.26. The van der Waals surface area contributed by atoms with E-state index in [1.54, 1.807) is 12.1 Å². The number of benzene rings is 1. The van der Waals surface area contributed by atoms with Crippen molar-refractivity contribution in [3.63, 3.8) is 0 Å². The first kappa shape index (κ1) is 16.6. The second-order valence-electron chi connectivity index (χ2n) is 4.85. The summed E-state index contributed by atoms with van der Waals surface area (Å²) >= 11 is 6.65. The van der Waals surface area contributed by atoms with Gasteiger partial charge in [0.15, 0.2) is 5.13 Å². The van der Waals surface area contributed by atoms with Gasteiger partial charge in [0, 0.05) is 13.1 Å². The van der Waals surface area contributed by atoms with Crippen LogP contribution in [0.3, 0.4) is 0 Å². The van der Waals surface area contributed by atoms with Gasteiger partial charge in [0.25, 0.3) is 0 Å². The molecule has 3 rings (SSSR count). The molecule has 0 spiro atoms. The molecule has 1 fully saturated rings. The summed E-state index contributed by atoms with van der Waals surface area (Å²) < 4.78 is 32.5. The summed E-state index contributed by atoms with van der Waals surface area (Å²) in [4.78, 5) is 15.7. The number of ether oxygens (including phenoxy) is 1. The first-order chi connectivity index (χ1) is 11.0. The van der Waals surface area contributed by atoms with Crippen molar-refractivity contribution in [2.45, 2.75) is 4.90 Å². The molecule has 1 N–H and O–H groups in total. The van der Waals surface area contributed by atoms with Crippen LogP contribution in [0.1, 0.15) is 0 Å². The topological polar surface area (TPSA) is 88.6 Å². The maximum Gasteiger partial charge on any atom is 0.243 e. The Labute approximate surface area is 142 Å². The molecule has 2 aromatic rings. The Morgan fingerprint density at radius 1 is 1.39 bits per heavy atom. The largest absolute Gasteiger partial charge is 0.379 e. The van der Waals surface area contributed by atoms with E-state index in [4.69, 9.17) is 16.3 Å². The van der Waals surface area contributed by atoms with Gasteiger partial charge in [0.1, 0.15) is 5.88 Å². The van der Waals surface area contributed by atoms with Crippen molar-refractivity contribution in [2.24, 2.45) is 0 Å². The fraction of sp³-hybridized carbons (Fsp3) is 0.385. The lowest BCUT2D eigenvalue weighted by Gasteiger charge is -2.25. The Morgan fingerprint density at radius 3 is 2.83 bits per heavy atom. The number of halogens is 1. The first-order valence-corrected chi connectivity index (χ1v) is 9.64. The highest BCUT2D eigenvalue weighted by Crippen LogP contribution is 2.29. The number of hydrogen-bond acceptors (Lipinski definition) is 6. The number of nitrogens with one attached hydrogen (secondary N) is 1. The van der Waals surface area contributed by atoms with E-state index in [2.05, 4.69) is 10.3 Å². The van der Waals surface area contributed by atoms with Crippen LogP contribution in [0.2, 0.25) is 0 Å². The number of carbonyl (C=O) groups is 1. The van der Waals surface area contributed by atoms with Gasteiger partial charge in [0.05, 0.1) is 28.3 Å². The molecule has 10 heteroatoms. The molecule has 124 valence electrons. The number of carbonyl (C=O) groups excluding carboxylic acids is 1. The van der Waals surface area contributed by atoms with Crippen LogP contribution in [-0.2, 0) is 19.6 Å². The van der Waals surface area contributed by atoms with E-state index in [9.17, 15) is 13.2 Å². The van der Waals surface area contributed by atoms with Gasteiger partial charge < -0.3 is 10.1 Å². The van der Waals surface area contributed by atoms with Gasteiger partial charge in [-0.25, -0.2) is 13.4 Å². The minimum Gasteiger partial charge on any atom is -0.379 e. The molecule has 1 aliphatic rings. The maximum absolute atomic E-state index is 12.6. The normalized spacial score (nSPS) is 16.6. The monoisotopic (exact) mass is 375 g/mol. The third-order valence-electron chi connectivity index (χ3n) is 3.34. The zero-order valence-electron chi connectivity index (χ0n) is 12.0. The summed E-state index contributed by atoms with van der Waals surface area (Å²) in [6.07, 6.45) is 0. The van der Waals surface area contributed by atoms with Gasteiger partial charge >= 0.3 is 0 Å². The zero-order chi connectivity index (χ0) is 16.4. The van der Waals surface area contributed by atoms with E-state index >= 15 is 0 Å². The number of aromatic nitrogens is 1. The van der Waals surface area contributed by atoms with Crippen LogP contribution in [0.5, 0.6) is 0 Å². The molecule has 1 aliphatic heterocycles. The fourth-order valence-corrected chi connectivity index (χ4v) is 4.71. The first-order valence-electron chi connectivity index (χ1n) is 6.85. The lowest BCUT2D eigenvalue weighted by atomic mass is 10.3. The number of anilines is 1. The number of sulfonamides is 1. The van der Waals surface area contributed by atoms with E-state index in [0.29, 0.717) is 41.7 Å². The maximum atomic E-state index is 12.6. The summed E-state index contributed by atoms with van der Waals surface area (Å²) in [6, 6.07) is 4.74. The number of alkyl halides is 1. The van der Waals surface area contributed by atoms with E-state index < -0.39 is 10.0 Å². The molecule has 2 heterocycles. The molecule has 1 saturated heterocycles.